The van der Waals surface area contributed by atoms with Gasteiger partial charge in [0.05, 0.1) is 0 Å². The molecular formula is C19H20N6. The second kappa shape index (κ2) is 7.25. The van der Waals surface area contributed by atoms with Gasteiger partial charge in [-0.2, -0.15) is 0 Å². The van der Waals surface area contributed by atoms with Gasteiger partial charge < -0.3 is 10.2 Å². The fourth-order valence-electron chi connectivity index (χ4n) is 3.15. The van der Waals surface area contributed by atoms with Gasteiger partial charge in [-0.05, 0) is 43.2 Å². The molecule has 0 atom stereocenters. The molecule has 0 bridgehead atoms. The van der Waals surface area contributed by atoms with Crippen molar-refractivity contribution in [3.63, 3.8) is 0 Å². The second-order valence-electron chi connectivity index (χ2n) is 6.10. The Labute approximate surface area is 147 Å². The molecular weight excluding hydrogens is 312 g/mol. The first-order valence-corrected chi connectivity index (χ1v) is 8.55. The minimum absolute atomic E-state index is 0.463. The molecule has 0 saturated carbocycles. The molecule has 25 heavy (non-hydrogen) atoms. The number of nitrogens with zero attached hydrogens (tertiary/aromatic N) is 5. The Morgan fingerprint density at radius 3 is 2.32 bits per heavy atom. The van der Waals surface area contributed by atoms with Gasteiger partial charge in [0.15, 0.2) is 0 Å². The van der Waals surface area contributed by atoms with E-state index in [1.54, 1.807) is 18.6 Å². The highest BCUT2D eigenvalue weighted by Crippen LogP contribution is 2.29. The van der Waals surface area contributed by atoms with Gasteiger partial charge in [-0.3, -0.25) is 0 Å². The van der Waals surface area contributed by atoms with E-state index < -0.39 is 0 Å². The van der Waals surface area contributed by atoms with Crippen molar-refractivity contribution in [1.29, 1.82) is 0 Å². The summed E-state index contributed by atoms with van der Waals surface area (Å²) in [5, 5.41) is 3.27. The van der Waals surface area contributed by atoms with Crippen LogP contribution in [0.15, 0.2) is 61.1 Å². The molecule has 126 valence electrons. The Morgan fingerprint density at radius 2 is 1.56 bits per heavy atom. The van der Waals surface area contributed by atoms with Crippen molar-refractivity contribution in [1.82, 2.24) is 19.9 Å². The van der Waals surface area contributed by atoms with Crippen LogP contribution in [0.25, 0.3) is 0 Å². The molecule has 3 aromatic heterocycles. The van der Waals surface area contributed by atoms with Crippen LogP contribution in [0.5, 0.6) is 0 Å². The van der Waals surface area contributed by atoms with Crippen LogP contribution in [-0.2, 0) is 0 Å². The molecule has 3 aromatic rings. The normalized spacial score (nSPS) is 15.1. The summed E-state index contributed by atoms with van der Waals surface area (Å²) in [5.74, 6) is 2.93. The van der Waals surface area contributed by atoms with Crippen LogP contribution in [0.3, 0.4) is 0 Å². The van der Waals surface area contributed by atoms with E-state index in [9.17, 15) is 0 Å². The van der Waals surface area contributed by atoms with Crippen LogP contribution in [-0.4, -0.2) is 33.0 Å². The average Bonchev–Trinajstić information content (AvgIpc) is 2.70. The standard InChI is InChI=1S/C19H20N6/c1-2-10-20-17(6-1)24-18-7-3-5-16(23-18)15-8-13-25(14-9-15)19-21-11-4-12-22-19/h1-7,10-12,15H,8-9,13-14H2,(H,20,23,24). The first-order valence-electron chi connectivity index (χ1n) is 8.55. The van der Waals surface area contributed by atoms with E-state index in [1.807, 2.05) is 30.3 Å². The molecule has 0 aliphatic carbocycles. The summed E-state index contributed by atoms with van der Waals surface area (Å²) < 4.78 is 0. The maximum absolute atomic E-state index is 4.79. The fraction of sp³-hybridized carbons (Fsp3) is 0.263. The Hall–Kier alpha value is -3.02. The molecule has 4 rings (SSSR count). The van der Waals surface area contributed by atoms with Crippen molar-refractivity contribution in [2.45, 2.75) is 18.8 Å². The summed E-state index contributed by atoms with van der Waals surface area (Å²) in [6, 6.07) is 13.8. The van der Waals surface area contributed by atoms with Gasteiger partial charge in [0.2, 0.25) is 5.95 Å². The van der Waals surface area contributed by atoms with E-state index in [0.717, 1.165) is 49.2 Å². The summed E-state index contributed by atoms with van der Waals surface area (Å²) in [6.07, 6.45) is 7.47. The average molecular weight is 332 g/mol. The quantitative estimate of drug-likeness (QED) is 0.790. The maximum atomic E-state index is 4.79. The molecule has 4 heterocycles. The zero-order valence-electron chi connectivity index (χ0n) is 13.9. The zero-order valence-corrected chi connectivity index (χ0v) is 13.9. The van der Waals surface area contributed by atoms with Crippen LogP contribution >= 0.6 is 0 Å². The molecule has 6 heteroatoms. The maximum Gasteiger partial charge on any atom is 0.225 e. The lowest BCUT2D eigenvalue weighted by molar-refractivity contribution is 0.491. The smallest absolute Gasteiger partial charge is 0.225 e. The van der Waals surface area contributed by atoms with Gasteiger partial charge in [-0.15, -0.1) is 0 Å². The van der Waals surface area contributed by atoms with Crippen LogP contribution in [0.4, 0.5) is 17.6 Å². The number of rotatable bonds is 4. The molecule has 1 N–H and O–H groups in total. The van der Waals surface area contributed by atoms with Crippen molar-refractivity contribution < 1.29 is 0 Å². The summed E-state index contributed by atoms with van der Waals surface area (Å²) in [7, 11) is 0. The van der Waals surface area contributed by atoms with E-state index in [0.29, 0.717) is 5.92 Å². The lowest BCUT2D eigenvalue weighted by Crippen LogP contribution is -2.34. The van der Waals surface area contributed by atoms with Gasteiger partial charge in [-0.1, -0.05) is 12.1 Å². The van der Waals surface area contributed by atoms with Crippen molar-refractivity contribution in [2.24, 2.45) is 0 Å². The lowest BCUT2D eigenvalue weighted by Gasteiger charge is -2.31. The van der Waals surface area contributed by atoms with Crippen molar-refractivity contribution in [2.75, 3.05) is 23.3 Å². The number of hydrogen-bond acceptors (Lipinski definition) is 6. The minimum Gasteiger partial charge on any atom is -0.341 e. The molecule has 6 nitrogen and oxygen atoms in total. The van der Waals surface area contributed by atoms with E-state index >= 15 is 0 Å². The van der Waals surface area contributed by atoms with Crippen LogP contribution in [0.1, 0.15) is 24.5 Å². The Kier molecular flexibility index (Phi) is 4.50. The third kappa shape index (κ3) is 3.74. The summed E-state index contributed by atoms with van der Waals surface area (Å²) in [4.78, 5) is 20.0. The fourth-order valence-corrected chi connectivity index (χ4v) is 3.15. The van der Waals surface area contributed by atoms with E-state index in [1.165, 1.54) is 0 Å². The number of nitrogens with one attached hydrogen (secondary N) is 1. The van der Waals surface area contributed by atoms with Crippen LogP contribution < -0.4 is 10.2 Å². The van der Waals surface area contributed by atoms with Crippen molar-refractivity contribution in [3.05, 3.63) is 66.7 Å². The monoisotopic (exact) mass is 332 g/mol. The summed E-state index contributed by atoms with van der Waals surface area (Å²) >= 11 is 0. The lowest BCUT2D eigenvalue weighted by atomic mass is 9.93. The van der Waals surface area contributed by atoms with Crippen molar-refractivity contribution in [3.8, 4) is 0 Å². The van der Waals surface area contributed by atoms with Gasteiger partial charge >= 0.3 is 0 Å². The number of anilines is 3. The largest absolute Gasteiger partial charge is 0.341 e. The molecule has 0 aromatic carbocycles. The number of hydrogen-bond donors (Lipinski definition) is 1. The van der Waals surface area contributed by atoms with Gasteiger partial charge in [0.25, 0.3) is 0 Å². The predicted octanol–water partition coefficient (Wildman–Crippen LogP) is 3.39. The summed E-state index contributed by atoms with van der Waals surface area (Å²) in [5.41, 5.74) is 1.13. The molecule has 1 saturated heterocycles. The number of piperidine rings is 1. The Balaban J connectivity index is 1.42. The number of aromatic nitrogens is 4. The predicted molar refractivity (Wildman–Crippen MR) is 98.0 cm³/mol. The van der Waals surface area contributed by atoms with E-state index in [4.69, 9.17) is 4.98 Å². The third-order valence-electron chi connectivity index (χ3n) is 4.44. The van der Waals surface area contributed by atoms with Crippen LogP contribution in [0, 0.1) is 0 Å². The highest BCUT2D eigenvalue weighted by atomic mass is 15.2. The third-order valence-corrected chi connectivity index (χ3v) is 4.44. The van der Waals surface area contributed by atoms with Gasteiger partial charge in [0.1, 0.15) is 11.6 Å². The molecule has 1 aliphatic rings. The number of pyridine rings is 2. The van der Waals surface area contributed by atoms with Crippen LogP contribution in [0.2, 0.25) is 0 Å². The first kappa shape index (κ1) is 15.5. The topological polar surface area (TPSA) is 66.8 Å². The Morgan fingerprint density at radius 1 is 0.800 bits per heavy atom. The van der Waals surface area contributed by atoms with Gasteiger partial charge in [0, 0.05) is 43.3 Å². The molecule has 0 spiro atoms. The second-order valence-corrected chi connectivity index (χ2v) is 6.10. The first-order chi connectivity index (χ1) is 12.4. The molecule has 0 unspecified atom stereocenters. The highest BCUT2D eigenvalue weighted by molar-refractivity contribution is 5.51. The molecule has 1 aliphatic heterocycles. The summed E-state index contributed by atoms with van der Waals surface area (Å²) in [6.45, 7) is 1.91. The minimum atomic E-state index is 0.463. The Bertz CT molecular complexity index is 800. The van der Waals surface area contributed by atoms with E-state index in [2.05, 4.69) is 37.3 Å². The zero-order chi connectivity index (χ0) is 16.9. The van der Waals surface area contributed by atoms with E-state index in [-0.39, 0.29) is 0 Å². The highest BCUT2D eigenvalue weighted by Gasteiger charge is 2.23. The van der Waals surface area contributed by atoms with Crippen molar-refractivity contribution >= 4 is 17.6 Å². The van der Waals surface area contributed by atoms with Gasteiger partial charge in [-0.25, -0.2) is 19.9 Å². The molecule has 0 radical (unpaired) electrons. The molecule has 1 fully saturated rings. The molecule has 0 amide bonds. The SMILES string of the molecule is c1ccc(Nc2cccc(C3CCN(c4ncccn4)CC3)n2)nc1.